The molecule has 1 atom stereocenters. The van der Waals surface area contributed by atoms with Gasteiger partial charge in [0.15, 0.2) is 5.13 Å². The fraction of sp³-hybridized carbons (Fsp3) is 0.148. The molecule has 35 heavy (non-hydrogen) atoms. The minimum Gasteiger partial charge on any atom is -0.507 e. The van der Waals surface area contributed by atoms with Crippen molar-refractivity contribution >= 4 is 44.1 Å². The van der Waals surface area contributed by atoms with Crippen LogP contribution in [0.4, 0.5) is 9.52 Å². The van der Waals surface area contributed by atoms with Gasteiger partial charge in [0.2, 0.25) is 0 Å². The molecule has 0 radical (unpaired) electrons. The van der Waals surface area contributed by atoms with Gasteiger partial charge in [-0.25, -0.2) is 9.37 Å². The Bertz CT molecular complexity index is 1480. The molecule has 176 valence electrons. The number of aromatic nitrogens is 1. The summed E-state index contributed by atoms with van der Waals surface area (Å²) in [4.78, 5) is 32.4. The Morgan fingerprint density at radius 1 is 1.09 bits per heavy atom. The minimum absolute atomic E-state index is 0.0822. The van der Waals surface area contributed by atoms with E-state index in [1.807, 2.05) is 32.0 Å². The summed E-state index contributed by atoms with van der Waals surface area (Å²) >= 11 is 1.28. The lowest BCUT2D eigenvalue weighted by Gasteiger charge is -2.23. The normalized spacial score (nSPS) is 17.3. The highest BCUT2D eigenvalue weighted by molar-refractivity contribution is 7.22. The molecule has 1 amide bonds. The molecule has 1 aromatic heterocycles. The van der Waals surface area contributed by atoms with Gasteiger partial charge in [-0.2, -0.15) is 0 Å². The van der Waals surface area contributed by atoms with Gasteiger partial charge in [-0.3, -0.25) is 14.5 Å². The Labute approximate surface area is 204 Å². The molecule has 1 unspecified atom stereocenters. The van der Waals surface area contributed by atoms with Crippen LogP contribution in [0.3, 0.4) is 0 Å². The maximum atomic E-state index is 13.7. The number of nitrogens with zero attached hydrogens (tertiary/aromatic N) is 2. The number of amides is 1. The van der Waals surface area contributed by atoms with Crippen molar-refractivity contribution in [3.05, 3.63) is 94.8 Å². The quantitative estimate of drug-likeness (QED) is 0.219. The lowest BCUT2D eigenvalue weighted by molar-refractivity contribution is -0.132. The number of rotatable bonds is 5. The van der Waals surface area contributed by atoms with Crippen LogP contribution in [0.2, 0.25) is 0 Å². The summed E-state index contributed by atoms with van der Waals surface area (Å²) in [7, 11) is 0. The van der Waals surface area contributed by atoms with E-state index < -0.39 is 23.5 Å². The highest BCUT2D eigenvalue weighted by atomic mass is 32.1. The predicted molar refractivity (Wildman–Crippen MR) is 133 cm³/mol. The molecule has 3 aromatic carbocycles. The van der Waals surface area contributed by atoms with Crippen molar-refractivity contribution in [2.75, 3.05) is 11.5 Å². The summed E-state index contributed by atoms with van der Waals surface area (Å²) in [5, 5.41) is 11.5. The smallest absolute Gasteiger partial charge is 0.301 e. The van der Waals surface area contributed by atoms with Gasteiger partial charge in [-0.15, -0.1) is 0 Å². The molecule has 1 N–H and O–H groups in total. The van der Waals surface area contributed by atoms with Crippen molar-refractivity contribution in [1.82, 2.24) is 4.98 Å². The van der Waals surface area contributed by atoms with E-state index in [1.165, 1.54) is 40.5 Å². The average Bonchev–Trinajstić information content (AvgIpc) is 3.37. The number of aliphatic hydroxyl groups is 1. The van der Waals surface area contributed by atoms with Crippen LogP contribution in [-0.2, 0) is 9.59 Å². The lowest BCUT2D eigenvalue weighted by Crippen LogP contribution is -2.29. The average molecular weight is 489 g/mol. The highest BCUT2D eigenvalue weighted by Gasteiger charge is 2.48. The van der Waals surface area contributed by atoms with Crippen LogP contribution in [0, 0.1) is 12.7 Å². The standard InChI is InChI=1S/C27H21FN2O4S/c1-3-34-19-11-7-17(8-12-19)24(31)22-23(16-5-9-18(28)10-6-16)30(26(33)25(22)32)27-29-20-13-4-15(2)14-21(20)35-27/h4-14,23,31H,3H2,1-2H3. The fourth-order valence-electron chi connectivity index (χ4n) is 4.14. The van der Waals surface area contributed by atoms with E-state index >= 15 is 0 Å². The third-order valence-corrected chi connectivity index (χ3v) is 6.83. The summed E-state index contributed by atoms with van der Waals surface area (Å²) in [6.07, 6.45) is 0. The summed E-state index contributed by atoms with van der Waals surface area (Å²) in [6, 6.07) is 16.9. The van der Waals surface area contributed by atoms with Crippen molar-refractivity contribution in [3.63, 3.8) is 0 Å². The monoisotopic (exact) mass is 488 g/mol. The summed E-state index contributed by atoms with van der Waals surface area (Å²) in [6.45, 7) is 4.31. The number of carbonyl (C=O) groups is 2. The topological polar surface area (TPSA) is 79.7 Å². The zero-order valence-electron chi connectivity index (χ0n) is 19.0. The number of aryl methyl sites for hydroxylation is 1. The number of anilines is 1. The van der Waals surface area contributed by atoms with Gasteiger partial charge in [0.05, 0.1) is 28.4 Å². The minimum atomic E-state index is -0.969. The number of benzene rings is 3. The van der Waals surface area contributed by atoms with Crippen molar-refractivity contribution in [3.8, 4) is 5.75 Å². The van der Waals surface area contributed by atoms with E-state index in [-0.39, 0.29) is 11.3 Å². The van der Waals surface area contributed by atoms with Gasteiger partial charge in [-0.05, 0) is 73.5 Å². The first-order chi connectivity index (χ1) is 16.9. The predicted octanol–water partition coefficient (Wildman–Crippen LogP) is 5.77. The van der Waals surface area contributed by atoms with Crippen molar-refractivity contribution in [1.29, 1.82) is 0 Å². The number of hydrogen-bond acceptors (Lipinski definition) is 6. The van der Waals surface area contributed by atoms with Crippen LogP contribution in [0.1, 0.15) is 29.7 Å². The van der Waals surface area contributed by atoms with Crippen LogP contribution in [0.15, 0.2) is 72.3 Å². The van der Waals surface area contributed by atoms with Gasteiger partial charge in [0, 0.05) is 5.56 Å². The second kappa shape index (κ2) is 8.96. The zero-order valence-corrected chi connectivity index (χ0v) is 19.8. The third-order valence-electron chi connectivity index (χ3n) is 5.81. The number of Topliss-reactive ketones (excluding diaryl/α,β-unsaturated/α-hetero) is 1. The number of fused-ring (bicyclic) bond motifs is 1. The second-order valence-electron chi connectivity index (χ2n) is 8.15. The SMILES string of the molecule is CCOc1ccc(C(O)=C2C(=O)C(=O)N(c3nc4ccc(C)cc4s3)C2c2ccc(F)cc2)cc1. The van der Waals surface area contributed by atoms with Gasteiger partial charge >= 0.3 is 5.91 Å². The van der Waals surface area contributed by atoms with Crippen LogP contribution >= 0.6 is 11.3 Å². The molecule has 0 aliphatic carbocycles. The first-order valence-electron chi connectivity index (χ1n) is 11.0. The summed E-state index contributed by atoms with van der Waals surface area (Å²) in [5.74, 6) is -1.79. The Balaban J connectivity index is 1.68. The van der Waals surface area contributed by atoms with E-state index in [2.05, 4.69) is 4.98 Å². The fourth-order valence-corrected chi connectivity index (χ4v) is 5.23. The highest BCUT2D eigenvalue weighted by Crippen LogP contribution is 2.44. The number of hydrogen-bond donors (Lipinski definition) is 1. The third kappa shape index (κ3) is 4.06. The summed E-state index contributed by atoms with van der Waals surface area (Å²) < 4.78 is 20.0. The van der Waals surface area contributed by atoms with Gasteiger partial charge < -0.3 is 9.84 Å². The lowest BCUT2D eigenvalue weighted by atomic mass is 9.95. The van der Waals surface area contributed by atoms with Crippen LogP contribution in [0.5, 0.6) is 5.75 Å². The molecule has 1 fully saturated rings. The number of halogens is 1. The van der Waals surface area contributed by atoms with E-state index in [0.717, 1.165) is 10.3 Å². The van der Waals surface area contributed by atoms with Crippen LogP contribution in [0.25, 0.3) is 16.0 Å². The maximum absolute atomic E-state index is 13.7. The zero-order chi connectivity index (χ0) is 24.7. The molecule has 1 aliphatic heterocycles. The van der Waals surface area contributed by atoms with Gasteiger partial charge in [0.1, 0.15) is 17.3 Å². The molecular formula is C27H21FN2O4S. The first kappa shape index (κ1) is 22.7. The molecule has 1 saturated heterocycles. The first-order valence-corrected chi connectivity index (χ1v) is 11.9. The Morgan fingerprint density at radius 2 is 1.80 bits per heavy atom. The Morgan fingerprint density at radius 3 is 2.49 bits per heavy atom. The number of carbonyl (C=O) groups excluding carboxylic acids is 2. The van der Waals surface area contributed by atoms with Crippen LogP contribution < -0.4 is 9.64 Å². The molecule has 8 heteroatoms. The van der Waals surface area contributed by atoms with Gasteiger partial charge in [-0.1, -0.05) is 29.5 Å². The molecule has 0 spiro atoms. The number of thiazole rings is 1. The van der Waals surface area contributed by atoms with Crippen molar-refractivity contribution in [2.24, 2.45) is 0 Å². The Kier molecular flexibility index (Phi) is 5.82. The van der Waals surface area contributed by atoms with E-state index in [4.69, 9.17) is 4.74 Å². The van der Waals surface area contributed by atoms with E-state index in [9.17, 15) is 19.1 Å². The molecular weight excluding hydrogens is 467 g/mol. The number of aliphatic hydroxyl groups excluding tert-OH is 1. The molecule has 5 rings (SSSR count). The van der Waals surface area contributed by atoms with E-state index in [1.54, 1.807) is 24.3 Å². The molecule has 0 bridgehead atoms. The van der Waals surface area contributed by atoms with Gasteiger partial charge in [0.25, 0.3) is 5.78 Å². The molecule has 1 aliphatic rings. The Hall–Kier alpha value is -4.04. The van der Waals surface area contributed by atoms with Crippen molar-refractivity contribution in [2.45, 2.75) is 19.9 Å². The van der Waals surface area contributed by atoms with E-state index in [0.29, 0.717) is 34.1 Å². The molecule has 6 nitrogen and oxygen atoms in total. The molecule has 0 saturated carbocycles. The number of ether oxygens (including phenoxy) is 1. The number of ketones is 1. The maximum Gasteiger partial charge on any atom is 0.301 e. The summed E-state index contributed by atoms with van der Waals surface area (Å²) in [5.41, 5.74) is 2.50. The van der Waals surface area contributed by atoms with Crippen molar-refractivity contribution < 1.29 is 23.8 Å². The largest absolute Gasteiger partial charge is 0.507 e. The van der Waals surface area contributed by atoms with Crippen LogP contribution in [-0.4, -0.2) is 28.4 Å². The molecule has 2 heterocycles. The second-order valence-corrected chi connectivity index (χ2v) is 9.15. The molecule has 4 aromatic rings.